The van der Waals surface area contributed by atoms with Crippen LogP contribution >= 0.6 is 0 Å². The van der Waals surface area contributed by atoms with E-state index in [0.29, 0.717) is 36.1 Å². The van der Waals surface area contributed by atoms with E-state index in [1.807, 2.05) is 37.4 Å². The van der Waals surface area contributed by atoms with Crippen LogP contribution < -0.4 is 5.32 Å². The average Bonchev–Trinajstić information content (AvgIpc) is 3.24. The number of hydrogen-bond acceptors (Lipinski definition) is 7. The number of amides is 1. The first-order valence-electron chi connectivity index (χ1n) is 11.9. The zero-order valence-corrected chi connectivity index (χ0v) is 20.5. The Morgan fingerprint density at radius 3 is 2.56 bits per heavy atom. The van der Waals surface area contributed by atoms with Gasteiger partial charge in [-0.2, -0.15) is 0 Å². The zero-order valence-electron chi connectivity index (χ0n) is 20.5. The van der Waals surface area contributed by atoms with Gasteiger partial charge in [0.05, 0.1) is 23.3 Å². The topological polar surface area (TPSA) is 97.5 Å². The van der Waals surface area contributed by atoms with E-state index in [9.17, 15) is 9.18 Å². The summed E-state index contributed by atoms with van der Waals surface area (Å²) in [5.74, 6) is 0.189. The maximum absolute atomic E-state index is 13.6. The Bertz CT molecular complexity index is 1370. The van der Waals surface area contributed by atoms with Gasteiger partial charge in [-0.15, -0.1) is 0 Å². The first kappa shape index (κ1) is 23.7. The van der Waals surface area contributed by atoms with E-state index in [2.05, 4.69) is 15.3 Å². The highest BCUT2D eigenvalue weighted by Gasteiger charge is 2.27. The van der Waals surface area contributed by atoms with Gasteiger partial charge in [0.1, 0.15) is 11.4 Å². The molecule has 0 radical (unpaired) electrons. The van der Waals surface area contributed by atoms with Crippen LogP contribution in [0, 0.1) is 5.82 Å². The molecular formula is C26H28FN7O2. The number of ether oxygens (including phenoxy) is 1. The molecule has 1 fully saturated rings. The monoisotopic (exact) mass is 489 g/mol. The minimum Gasteiger partial charge on any atom is -0.444 e. The maximum atomic E-state index is 13.6. The van der Waals surface area contributed by atoms with Crippen molar-refractivity contribution in [1.29, 1.82) is 0 Å². The Labute approximate surface area is 208 Å². The van der Waals surface area contributed by atoms with Crippen LogP contribution in [0.4, 0.5) is 15.1 Å². The van der Waals surface area contributed by atoms with Crippen molar-refractivity contribution in [2.45, 2.75) is 45.3 Å². The summed E-state index contributed by atoms with van der Waals surface area (Å²) in [4.78, 5) is 32.2. The molecule has 9 nitrogen and oxygen atoms in total. The number of halogens is 1. The van der Waals surface area contributed by atoms with Crippen molar-refractivity contribution < 1.29 is 13.9 Å². The minimum atomic E-state index is -0.513. The van der Waals surface area contributed by atoms with Crippen LogP contribution in [0.2, 0.25) is 0 Å². The van der Waals surface area contributed by atoms with E-state index in [-0.39, 0.29) is 18.0 Å². The standard InChI is InChI=1S/C26H28FN7O2/c1-26(2,3)36-25(35)33-13-9-19(10-14-33)30-24-29-11-8-20(31-24)23-22(17-4-6-18(27)7-5-17)32-21-16-28-12-15-34(21)23/h4-8,11-12,15-16,19H,9-10,13-14H2,1-3H3,(H,29,30,31). The van der Waals surface area contributed by atoms with E-state index in [0.717, 1.165) is 24.1 Å². The molecule has 0 spiro atoms. The van der Waals surface area contributed by atoms with E-state index >= 15 is 0 Å². The fourth-order valence-electron chi connectivity index (χ4n) is 4.24. The number of likely N-dealkylation sites (tertiary alicyclic amines) is 1. The highest BCUT2D eigenvalue weighted by Crippen LogP contribution is 2.32. The number of nitrogens with one attached hydrogen (secondary N) is 1. The molecule has 1 saturated heterocycles. The Kier molecular flexibility index (Phi) is 6.26. The lowest BCUT2D eigenvalue weighted by Crippen LogP contribution is -2.44. The van der Waals surface area contributed by atoms with Crippen molar-refractivity contribution >= 4 is 17.7 Å². The molecule has 10 heteroatoms. The van der Waals surface area contributed by atoms with Gasteiger partial charge in [0.25, 0.3) is 0 Å². The van der Waals surface area contributed by atoms with Crippen LogP contribution in [0.25, 0.3) is 28.3 Å². The molecular weight excluding hydrogens is 461 g/mol. The molecule has 0 aliphatic carbocycles. The molecule has 5 rings (SSSR count). The summed E-state index contributed by atoms with van der Waals surface area (Å²) in [5, 5.41) is 3.41. The van der Waals surface area contributed by atoms with Crippen molar-refractivity contribution in [2.24, 2.45) is 0 Å². The number of imidazole rings is 1. The third-order valence-corrected chi connectivity index (χ3v) is 5.93. The average molecular weight is 490 g/mol. The number of carbonyl (C=O) groups excluding carboxylic acids is 1. The number of hydrogen-bond donors (Lipinski definition) is 1. The molecule has 3 aromatic heterocycles. The quantitative estimate of drug-likeness (QED) is 0.440. The molecule has 36 heavy (non-hydrogen) atoms. The molecule has 1 aromatic carbocycles. The smallest absolute Gasteiger partial charge is 0.410 e. The van der Waals surface area contributed by atoms with Crippen LogP contribution in [0.15, 0.2) is 55.1 Å². The van der Waals surface area contributed by atoms with Gasteiger partial charge in [-0.25, -0.2) is 24.1 Å². The maximum Gasteiger partial charge on any atom is 0.410 e. The molecule has 4 heterocycles. The van der Waals surface area contributed by atoms with Gasteiger partial charge in [-0.3, -0.25) is 9.38 Å². The Hall–Kier alpha value is -4.08. The van der Waals surface area contributed by atoms with E-state index in [1.165, 1.54) is 12.1 Å². The minimum absolute atomic E-state index is 0.127. The summed E-state index contributed by atoms with van der Waals surface area (Å²) in [6, 6.07) is 8.19. The first-order chi connectivity index (χ1) is 17.3. The number of rotatable bonds is 4. The lowest BCUT2D eigenvalue weighted by atomic mass is 10.1. The molecule has 186 valence electrons. The van der Waals surface area contributed by atoms with Crippen LogP contribution in [-0.4, -0.2) is 60.1 Å². The van der Waals surface area contributed by atoms with Crippen LogP contribution in [0.3, 0.4) is 0 Å². The highest BCUT2D eigenvalue weighted by molar-refractivity contribution is 5.80. The molecule has 0 saturated carbocycles. The molecule has 4 aromatic rings. The van der Waals surface area contributed by atoms with Crippen LogP contribution in [0.5, 0.6) is 0 Å². The summed E-state index contributed by atoms with van der Waals surface area (Å²) in [5.41, 5.74) is 3.05. The van der Waals surface area contributed by atoms with Crippen molar-refractivity contribution in [1.82, 2.24) is 29.2 Å². The summed E-state index contributed by atoms with van der Waals surface area (Å²) < 4.78 is 21.0. The Morgan fingerprint density at radius 2 is 1.83 bits per heavy atom. The molecule has 0 bridgehead atoms. The van der Waals surface area contributed by atoms with E-state index in [1.54, 1.807) is 35.6 Å². The third-order valence-electron chi connectivity index (χ3n) is 5.93. The lowest BCUT2D eigenvalue weighted by molar-refractivity contribution is 0.0210. The Balaban J connectivity index is 1.37. The summed E-state index contributed by atoms with van der Waals surface area (Å²) in [6.45, 7) is 6.80. The fourth-order valence-corrected chi connectivity index (χ4v) is 4.24. The summed E-state index contributed by atoms with van der Waals surface area (Å²) in [7, 11) is 0. The van der Waals surface area contributed by atoms with Gasteiger partial charge in [0.2, 0.25) is 5.95 Å². The molecule has 1 amide bonds. The van der Waals surface area contributed by atoms with Gasteiger partial charge in [-0.05, 0) is 63.9 Å². The normalized spacial score (nSPS) is 14.7. The predicted octanol–water partition coefficient (Wildman–Crippen LogP) is 4.80. The number of aromatic nitrogens is 5. The van der Waals surface area contributed by atoms with Crippen molar-refractivity contribution in [3.05, 3.63) is 60.9 Å². The van der Waals surface area contributed by atoms with Gasteiger partial charge in [0.15, 0.2) is 5.65 Å². The number of fused-ring (bicyclic) bond motifs is 1. The second kappa shape index (κ2) is 9.52. The van der Waals surface area contributed by atoms with Gasteiger partial charge in [0, 0.05) is 43.3 Å². The van der Waals surface area contributed by atoms with E-state index < -0.39 is 5.60 Å². The third kappa shape index (κ3) is 5.12. The fraction of sp³-hybridized carbons (Fsp3) is 0.346. The lowest BCUT2D eigenvalue weighted by Gasteiger charge is -2.33. The molecule has 0 atom stereocenters. The second-order valence-electron chi connectivity index (χ2n) is 9.77. The number of nitrogens with zero attached hydrogens (tertiary/aromatic N) is 6. The van der Waals surface area contributed by atoms with Crippen LogP contribution in [-0.2, 0) is 4.74 Å². The van der Waals surface area contributed by atoms with Crippen LogP contribution in [0.1, 0.15) is 33.6 Å². The van der Waals surface area contributed by atoms with Crippen molar-refractivity contribution in [3.63, 3.8) is 0 Å². The van der Waals surface area contributed by atoms with Crippen molar-refractivity contribution in [3.8, 4) is 22.6 Å². The number of anilines is 1. The number of carbonyl (C=O) groups is 1. The highest BCUT2D eigenvalue weighted by atomic mass is 19.1. The predicted molar refractivity (Wildman–Crippen MR) is 134 cm³/mol. The molecule has 1 aliphatic heterocycles. The summed E-state index contributed by atoms with van der Waals surface area (Å²) in [6.07, 6.45) is 8.13. The summed E-state index contributed by atoms with van der Waals surface area (Å²) >= 11 is 0. The molecule has 0 unspecified atom stereocenters. The zero-order chi connectivity index (χ0) is 25.3. The van der Waals surface area contributed by atoms with E-state index in [4.69, 9.17) is 14.7 Å². The van der Waals surface area contributed by atoms with Gasteiger partial charge >= 0.3 is 6.09 Å². The number of piperidine rings is 1. The van der Waals surface area contributed by atoms with Gasteiger partial charge in [-0.1, -0.05) is 0 Å². The number of benzene rings is 1. The SMILES string of the molecule is CC(C)(C)OC(=O)N1CCC(Nc2nccc(-c3c(-c4ccc(F)cc4)nc4cnccn34)n2)CC1. The van der Waals surface area contributed by atoms with Crippen molar-refractivity contribution in [2.75, 3.05) is 18.4 Å². The first-order valence-corrected chi connectivity index (χ1v) is 11.9. The Morgan fingerprint density at radius 1 is 1.08 bits per heavy atom. The largest absolute Gasteiger partial charge is 0.444 e. The van der Waals surface area contributed by atoms with Gasteiger partial charge < -0.3 is 15.0 Å². The molecule has 1 N–H and O–H groups in total. The molecule has 1 aliphatic rings. The second-order valence-corrected chi connectivity index (χ2v) is 9.77.